The van der Waals surface area contributed by atoms with Crippen LogP contribution in [0.5, 0.6) is 0 Å². The van der Waals surface area contributed by atoms with Gasteiger partial charge in [0, 0.05) is 52.6 Å². The van der Waals surface area contributed by atoms with Crippen LogP contribution in [0.25, 0.3) is 0 Å². The van der Waals surface area contributed by atoms with Gasteiger partial charge in [-0.05, 0) is 113 Å². The van der Waals surface area contributed by atoms with Crippen LogP contribution in [0, 0.1) is 35.5 Å². The topological polar surface area (TPSA) is 202 Å². The fourth-order valence-corrected chi connectivity index (χ4v) is 10.4. The summed E-state index contributed by atoms with van der Waals surface area (Å²) in [6.45, 7) is 13.2. The van der Waals surface area contributed by atoms with Crippen molar-refractivity contribution >= 4 is 17.7 Å². The number of methoxy groups -OCH3 is 3. The number of hydrogen-bond donors (Lipinski definition) is 5. The summed E-state index contributed by atoms with van der Waals surface area (Å²) < 4.78 is 29.6. The molecule has 3 aliphatic heterocycles. The molecule has 0 aromatic rings. The van der Waals surface area contributed by atoms with E-state index < -0.39 is 90.2 Å². The molecule has 17 atom stereocenters. The van der Waals surface area contributed by atoms with Crippen LogP contribution in [-0.4, -0.2) is 143 Å². The number of esters is 1. The molecule has 5 N–H and O–H groups in total. The zero-order valence-corrected chi connectivity index (χ0v) is 40.8. The third-order valence-corrected chi connectivity index (χ3v) is 14.9. The number of aliphatic hydroxyl groups excluding tert-OH is 4. The van der Waals surface area contributed by atoms with Gasteiger partial charge in [-0.1, -0.05) is 71.1 Å². The molecule has 2 saturated heterocycles. The molecule has 1 aliphatic carbocycles. The zero-order valence-electron chi connectivity index (χ0n) is 40.8. The number of nitrogens with zero attached hydrogens (tertiary/aromatic N) is 1. The number of ketones is 1. The van der Waals surface area contributed by atoms with Crippen LogP contribution in [0.1, 0.15) is 126 Å². The summed E-state index contributed by atoms with van der Waals surface area (Å²) in [7, 11) is 4.63. The van der Waals surface area contributed by atoms with Crippen molar-refractivity contribution in [1.29, 1.82) is 0 Å². The van der Waals surface area contributed by atoms with E-state index in [0.29, 0.717) is 63.4 Å². The molecule has 1 amide bonds. The molecule has 1 saturated carbocycles. The number of piperidine rings is 1. The van der Waals surface area contributed by atoms with Gasteiger partial charge in [-0.15, -0.1) is 0 Å². The third kappa shape index (κ3) is 14.6. The highest BCUT2D eigenvalue weighted by molar-refractivity contribution is 6.39. The molecule has 3 heterocycles. The predicted molar refractivity (Wildman–Crippen MR) is 247 cm³/mol. The molecule has 14 nitrogen and oxygen atoms in total. The maximum atomic E-state index is 14.4. The van der Waals surface area contributed by atoms with E-state index in [0.717, 1.165) is 12.0 Å². The van der Waals surface area contributed by atoms with Crippen molar-refractivity contribution in [2.24, 2.45) is 35.5 Å². The molecule has 2 unspecified atom stereocenters. The van der Waals surface area contributed by atoms with Crippen LogP contribution in [0.2, 0.25) is 0 Å². The summed E-state index contributed by atoms with van der Waals surface area (Å²) in [4.78, 5) is 44.1. The second kappa shape index (κ2) is 25.5. The molecule has 0 aromatic carbocycles. The van der Waals surface area contributed by atoms with Gasteiger partial charge in [0.2, 0.25) is 5.79 Å². The Balaban J connectivity index is 1.70. The number of ether oxygens (including phenoxy) is 5. The Morgan fingerprint density at radius 2 is 1.54 bits per heavy atom. The summed E-state index contributed by atoms with van der Waals surface area (Å²) in [5.41, 5.74) is 1.41. The van der Waals surface area contributed by atoms with Crippen LogP contribution in [0.4, 0.5) is 0 Å². The molecule has 0 spiro atoms. The second-order valence-corrected chi connectivity index (χ2v) is 20.0. The number of aliphatic hydroxyl groups is 5. The van der Waals surface area contributed by atoms with Crippen molar-refractivity contribution in [3.63, 3.8) is 0 Å². The first-order valence-corrected chi connectivity index (χ1v) is 24.2. The van der Waals surface area contributed by atoms with E-state index in [1.165, 1.54) is 12.0 Å². The van der Waals surface area contributed by atoms with Crippen molar-refractivity contribution < 1.29 is 63.6 Å². The van der Waals surface area contributed by atoms with Crippen LogP contribution < -0.4 is 0 Å². The van der Waals surface area contributed by atoms with E-state index in [2.05, 4.69) is 6.92 Å². The van der Waals surface area contributed by atoms with Gasteiger partial charge in [0.15, 0.2) is 0 Å². The average Bonchev–Trinajstić information content (AvgIpc) is 3.28. The van der Waals surface area contributed by atoms with Gasteiger partial charge in [-0.25, -0.2) is 4.79 Å². The first-order chi connectivity index (χ1) is 30.7. The lowest BCUT2D eigenvalue weighted by Crippen LogP contribution is -2.61. The van der Waals surface area contributed by atoms with E-state index in [4.69, 9.17) is 23.7 Å². The Morgan fingerprint density at radius 1 is 0.815 bits per heavy atom. The molecule has 65 heavy (non-hydrogen) atoms. The van der Waals surface area contributed by atoms with Crippen molar-refractivity contribution in [2.45, 2.75) is 192 Å². The minimum Gasteiger partial charge on any atom is -0.460 e. The fraction of sp³-hybridized carbons (Fsp3) is 0.784. The van der Waals surface area contributed by atoms with E-state index >= 15 is 0 Å². The van der Waals surface area contributed by atoms with Gasteiger partial charge in [0.05, 0.1) is 36.6 Å². The molecule has 0 radical (unpaired) electrons. The third-order valence-electron chi connectivity index (χ3n) is 14.9. The molecule has 370 valence electrons. The first-order valence-electron chi connectivity index (χ1n) is 24.2. The quantitative estimate of drug-likeness (QED) is 0.122. The van der Waals surface area contributed by atoms with Crippen LogP contribution in [0.3, 0.4) is 0 Å². The Bertz CT molecular complexity index is 1660. The maximum Gasteiger partial charge on any atom is 0.329 e. The lowest BCUT2D eigenvalue weighted by Gasteiger charge is -2.43. The largest absolute Gasteiger partial charge is 0.460 e. The van der Waals surface area contributed by atoms with Crippen LogP contribution in [-0.2, 0) is 38.1 Å². The molecule has 4 aliphatic rings. The summed E-state index contributed by atoms with van der Waals surface area (Å²) in [5.74, 6) is -6.69. The fourth-order valence-electron chi connectivity index (χ4n) is 10.4. The van der Waals surface area contributed by atoms with Crippen molar-refractivity contribution in [3.8, 4) is 0 Å². The number of rotatable bonds is 6. The normalized spacial score (nSPS) is 40.1. The SMILES string of the molecule is CO[C@H]1[C@@H](O)[C@H](C)C[C@H](C)C=CC=CC=C(C)[C@@H](OC)C[C@@H]2CC[C@@H](C)[C@@](O)(O2)C(=O)C(=O)N2CCCCC2C(=O)O[C@H]([C@H](C)CC2CC[C@@H](O)[C@H](OC)C2)C[C@H](O)[C@H](C)C=C(C)[C@H]1O. The van der Waals surface area contributed by atoms with Gasteiger partial charge in [0.1, 0.15) is 24.4 Å². The summed E-state index contributed by atoms with van der Waals surface area (Å²) in [6.07, 6.45) is 10.6. The van der Waals surface area contributed by atoms with Gasteiger partial charge >= 0.3 is 5.97 Å². The van der Waals surface area contributed by atoms with E-state index in [1.54, 1.807) is 34.1 Å². The molecule has 14 heteroatoms. The van der Waals surface area contributed by atoms with Crippen molar-refractivity contribution in [1.82, 2.24) is 4.90 Å². The lowest BCUT2D eigenvalue weighted by molar-refractivity contribution is -0.265. The van der Waals surface area contributed by atoms with Crippen LogP contribution >= 0.6 is 0 Å². The smallest absolute Gasteiger partial charge is 0.329 e. The molecule has 4 rings (SSSR count). The van der Waals surface area contributed by atoms with Crippen LogP contribution in [0.15, 0.2) is 47.6 Å². The van der Waals surface area contributed by atoms with Gasteiger partial charge < -0.3 is 54.1 Å². The summed E-state index contributed by atoms with van der Waals surface area (Å²) >= 11 is 0. The lowest BCUT2D eigenvalue weighted by atomic mass is 9.78. The monoisotopic (exact) mass is 918 g/mol. The molecular formula is C51H83NO13. The number of allylic oxidation sites excluding steroid dienone is 5. The molecule has 0 aromatic heterocycles. The Kier molecular flexibility index (Phi) is 21.5. The molecule has 3 fully saturated rings. The van der Waals surface area contributed by atoms with E-state index in [-0.39, 0.29) is 49.2 Å². The Morgan fingerprint density at radius 3 is 2.22 bits per heavy atom. The minimum atomic E-state index is -2.41. The number of Topliss-reactive ketones (excluding diaryl/α,β-unsaturated/α-hetero) is 1. The number of fused-ring (bicyclic) bond motifs is 3. The molecular weight excluding hydrogens is 835 g/mol. The van der Waals surface area contributed by atoms with Gasteiger partial charge in [0.25, 0.3) is 11.7 Å². The average molecular weight is 918 g/mol. The molecule has 2 bridgehead atoms. The first kappa shape index (κ1) is 54.8. The summed E-state index contributed by atoms with van der Waals surface area (Å²) in [6, 6.07) is -1.10. The van der Waals surface area contributed by atoms with Gasteiger partial charge in [-0.2, -0.15) is 0 Å². The predicted octanol–water partition coefficient (Wildman–Crippen LogP) is 5.76. The maximum absolute atomic E-state index is 14.4. The summed E-state index contributed by atoms with van der Waals surface area (Å²) in [5, 5.41) is 57.2. The Labute approximate surface area is 388 Å². The second-order valence-electron chi connectivity index (χ2n) is 20.0. The Hall–Kier alpha value is -2.79. The highest BCUT2D eigenvalue weighted by Gasteiger charge is 2.53. The number of cyclic esters (lactones) is 1. The number of hydrogen-bond acceptors (Lipinski definition) is 13. The van der Waals surface area contributed by atoms with E-state index in [9.17, 15) is 39.9 Å². The van der Waals surface area contributed by atoms with Gasteiger partial charge in [-0.3, -0.25) is 9.59 Å². The standard InChI is InChI=1S/C51H83NO13/c1-30-16-12-11-13-17-31(2)42(61-8)28-38-21-19-36(7)51(60,65-38)48(57)49(58)52-23-15-14-18-39(52)50(59)64-43(33(4)26-37-20-22-40(53)44(27-37)62-9)29-41(54)32(3)25-35(6)46(56)47(63-10)45(55)34(5)24-30/h11-13,16-17,25,30,32-34,36-47,53-56,60H,14-15,18-24,26-29H2,1-10H3/t30-,32-,33-,34-,36-,37?,38+,39?,40-,41+,42+,43+,44-,45+,46-,47+,51-/m1/s1. The number of amides is 1. The minimum absolute atomic E-state index is 0.0359. The van der Waals surface area contributed by atoms with Crippen molar-refractivity contribution in [3.05, 3.63) is 47.6 Å². The van der Waals surface area contributed by atoms with E-state index in [1.807, 2.05) is 58.1 Å². The zero-order chi connectivity index (χ0) is 48.2. The van der Waals surface area contributed by atoms with Crippen molar-refractivity contribution in [2.75, 3.05) is 27.9 Å². The highest BCUT2D eigenvalue weighted by Crippen LogP contribution is 2.38. The number of carbonyl (C=O) groups is 3. The number of carbonyl (C=O) groups excluding carboxylic acids is 3. The highest BCUT2D eigenvalue weighted by atomic mass is 16.6.